The van der Waals surface area contributed by atoms with Crippen molar-refractivity contribution in [1.82, 2.24) is 24.7 Å². The summed E-state index contributed by atoms with van der Waals surface area (Å²) in [6.07, 6.45) is 8.15. The Labute approximate surface area is 201 Å². The minimum Gasteiger partial charge on any atom is -0.457 e. The van der Waals surface area contributed by atoms with E-state index < -0.39 is 0 Å². The second-order valence-corrected chi connectivity index (χ2v) is 9.32. The van der Waals surface area contributed by atoms with Crippen molar-refractivity contribution >= 4 is 0 Å². The number of ether oxygens (including phenoxy) is 1. The normalized spacial score (nSPS) is 21.4. The molecular formula is C27H35N5O2. The Morgan fingerprint density at radius 3 is 2.32 bits per heavy atom. The molecule has 2 aliphatic rings. The van der Waals surface area contributed by atoms with Crippen LogP contribution < -0.4 is 21.1 Å². The van der Waals surface area contributed by atoms with Gasteiger partial charge in [-0.25, -0.2) is 4.79 Å². The first-order valence-corrected chi connectivity index (χ1v) is 12.6. The Bertz CT molecular complexity index is 1080. The van der Waals surface area contributed by atoms with Crippen molar-refractivity contribution in [3.05, 3.63) is 77.5 Å². The third-order valence-electron chi connectivity index (χ3n) is 7.06. The second-order valence-electron chi connectivity index (χ2n) is 9.32. The van der Waals surface area contributed by atoms with Crippen LogP contribution in [-0.2, 0) is 0 Å². The monoisotopic (exact) mass is 461 g/mol. The standard InChI is InChI=1S/C27H35N5O2/c33-27-31(23-8-6-22(7-9-23)29-16-19-30-17-14-28-15-18-30)20-21-32(27)24-10-12-26(13-11-24)34-25-4-2-1-3-5-25/h1-5,10-13,20-23,28-29H,6-9,14-19H2. The number of hydrogen-bond donors (Lipinski definition) is 2. The molecular weight excluding hydrogens is 426 g/mol. The number of aromatic nitrogens is 2. The fourth-order valence-corrected chi connectivity index (χ4v) is 5.08. The summed E-state index contributed by atoms with van der Waals surface area (Å²) in [6.45, 7) is 6.68. The van der Waals surface area contributed by atoms with E-state index >= 15 is 0 Å². The number of para-hydroxylation sites is 1. The number of piperazine rings is 1. The Morgan fingerprint density at radius 1 is 0.882 bits per heavy atom. The molecule has 0 spiro atoms. The second kappa shape index (κ2) is 11.0. The lowest BCUT2D eigenvalue weighted by atomic mass is 9.91. The number of hydrogen-bond acceptors (Lipinski definition) is 5. The lowest BCUT2D eigenvalue weighted by molar-refractivity contribution is 0.227. The van der Waals surface area contributed by atoms with E-state index in [9.17, 15) is 4.79 Å². The van der Waals surface area contributed by atoms with Gasteiger partial charge in [-0.05, 0) is 62.1 Å². The van der Waals surface area contributed by atoms with Crippen LogP contribution in [0.1, 0.15) is 31.7 Å². The maximum absolute atomic E-state index is 13.1. The third-order valence-corrected chi connectivity index (χ3v) is 7.06. The summed E-state index contributed by atoms with van der Waals surface area (Å²) in [5, 5.41) is 7.15. The van der Waals surface area contributed by atoms with Gasteiger partial charge in [-0.3, -0.25) is 14.0 Å². The maximum atomic E-state index is 13.1. The Balaban J connectivity index is 1.13. The van der Waals surface area contributed by atoms with Crippen molar-refractivity contribution in [1.29, 1.82) is 0 Å². The highest BCUT2D eigenvalue weighted by Gasteiger charge is 2.24. The minimum absolute atomic E-state index is 0.0341. The van der Waals surface area contributed by atoms with Crippen molar-refractivity contribution in [2.24, 2.45) is 0 Å². The molecule has 1 aliphatic heterocycles. The van der Waals surface area contributed by atoms with Gasteiger partial charge in [0.15, 0.2) is 0 Å². The minimum atomic E-state index is 0.0341. The highest BCUT2D eigenvalue weighted by molar-refractivity contribution is 5.39. The fraction of sp³-hybridized carbons (Fsp3) is 0.444. The number of nitrogens with zero attached hydrogens (tertiary/aromatic N) is 3. The van der Waals surface area contributed by atoms with Gasteiger partial charge >= 0.3 is 5.69 Å². The maximum Gasteiger partial charge on any atom is 0.332 e. The van der Waals surface area contributed by atoms with E-state index in [-0.39, 0.29) is 11.7 Å². The lowest BCUT2D eigenvalue weighted by Crippen LogP contribution is -2.47. The molecule has 180 valence electrons. The summed E-state index contributed by atoms with van der Waals surface area (Å²) in [5.74, 6) is 1.55. The molecule has 0 radical (unpaired) electrons. The number of rotatable bonds is 8. The Kier molecular flexibility index (Phi) is 7.43. The first-order valence-electron chi connectivity index (χ1n) is 12.6. The van der Waals surface area contributed by atoms with E-state index in [0.29, 0.717) is 6.04 Å². The van der Waals surface area contributed by atoms with Crippen LogP contribution >= 0.6 is 0 Å². The molecule has 7 heteroatoms. The van der Waals surface area contributed by atoms with Crippen LogP contribution in [0, 0.1) is 0 Å². The Hall–Kier alpha value is -2.87. The van der Waals surface area contributed by atoms with Crippen LogP contribution in [0.5, 0.6) is 11.5 Å². The van der Waals surface area contributed by atoms with Crippen molar-refractivity contribution in [2.75, 3.05) is 39.3 Å². The van der Waals surface area contributed by atoms with Crippen LogP contribution in [0.15, 0.2) is 71.8 Å². The molecule has 2 aromatic carbocycles. The summed E-state index contributed by atoms with van der Waals surface area (Å²) in [4.78, 5) is 15.7. The average Bonchev–Trinajstić information content (AvgIpc) is 3.27. The largest absolute Gasteiger partial charge is 0.457 e. The molecule has 3 aromatic rings. The summed E-state index contributed by atoms with van der Waals surface area (Å²) >= 11 is 0. The lowest BCUT2D eigenvalue weighted by Gasteiger charge is -2.31. The zero-order chi connectivity index (χ0) is 23.2. The zero-order valence-corrected chi connectivity index (χ0v) is 19.7. The fourth-order valence-electron chi connectivity index (χ4n) is 5.08. The van der Waals surface area contributed by atoms with Gasteiger partial charge in [0, 0.05) is 63.7 Å². The predicted octanol–water partition coefficient (Wildman–Crippen LogP) is 3.41. The molecule has 1 aliphatic carbocycles. The SMILES string of the molecule is O=c1n(-c2ccc(Oc3ccccc3)cc2)ccn1C1CCC(NCCN2CCNCC2)CC1. The van der Waals surface area contributed by atoms with E-state index in [0.717, 1.165) is 82.1 Å². The number of imidazole rings is 1. The average molecular weight is 462 g/mol. The van der Waals surface area contributed by atoms with Crippen LogP contribution in [0.4, 0.5) is 0 Å². The van der Waals surface area contributed by atoms with Gasteiger partial charge in [0.05, 0.1) is 5.69 Å². The highest BCUT2D eigenvalue weighted by Crippen LogP contribution is 2.28. The van der Waals surface area contributed by atoms with Gasteiger partial charge in [-0.15, -0.1) is 0 Å². The van der Waals surface area contributed by atoms with Gasteiger partial charge in [0.25, 0.3) is 0 Å². The van der Waals surface area contributed by atoms with Crippen molar-refractivity contribution < 1.29 is 4.74 Å². The molecule has 2 fully saturated rings. The van der Waals surface area contributed by atoms with E-state index in [1.165, 1.54) is 0 Å². The third kappa shape index (κ3) is 5.60. The van der Waals surface area contributed by atoms with Gasteiger partial charge in [0.2, 0.25) is 0 Å². The summed E-state index contributed by atoms with van der Waals surface area (Å²) in [6, 6.07) is 18.2. The van der Waals surface area contributed by atoms with E-state index in [4.69, 9.17) is 4.74 Å². The van der Waals surface area contributed by atoms with Gasteiger partial charge in [-0.1, -0.05) is 18.2 Å². The molecule has 1 aromatic heterocycles. The summed E-state index contributed by atoms with van der Waals surface area (Å²) < 4.78 is 9.52. The molecule has 34 heavy (non-hydrogen) atoms. The molecule has 1 saturated carbocycles. The molecule has 1 saturated heterocycles. The molecule has 7 nitrogen and oxygen atoms in total. The summed E-state index contributed by atoms with van der Waals surface area (Å²) in [7, 11) is 0. The molecule has 2 heterocycles. The van der Waals surface area contributed by atoms with Gasteiger partial charge in [0.1, 0.15) is 11.5 Å². The van der Waals surface area contributed by atoms with Gasteiger partial charge in [-0.2, -0.15) is 0 Å². The van der Waals surface area contributed by atoms with E-state index in [2.05, 4.69) is 15.5 Å². The molecule has 0 amide bonds. The van der Waals surface area contributed by atoms with Crippen molar-refractivity contribution in [3.8, 4) is 17.2 Å². The first-order chi connectivity index (χ1) is 16.8. The molecule has 0 unspecified atom stereocenters. The zero-order valence-electron chi connectivity index (χ0n) is 19.7. The number of benzene rings is 2. The summed E-state index contributed by atoms with van der Waals surface area (Å²) in [5.41, 5.74) is 0.888. The highest BCUT2D eigenvalue weighted by atomic mass is 16.5. The van der Waals surface area contributed by atoms with Crippen LogP contribution in [-0.4, -0.2) is 59.3 Å². The topological polar surface area (TPSA) is 63.5 Å². The molecule has 0 bridgehead atoms. The molecule has 0 atom stereocenters. The Morgan fingerprint density at radius 2 is 1.59 bits per heavy atom. The van der Waals surface area contributed by atoms with Crippen LogP contribution in [0.25, 0.3) is 5.69 Å². The quantitative estimate of drug-likeness (QED) is 0.538. The first kappa shape index (κ1) is 22.9. The molecule has 2 N–H and O–H groups in total. The van der Waals surface area contributed by atoms with Crippen LogP contribution in [0.3, 0.4) is 0 Å². The van der Waals surface area contributed by atoms with Crippen molar-refractivity contribution in [3.63, 3.8) is 0 Å². The smallest absolute Gasteiger partial charge is 0.332 e. The van der Waals surface area contributed by atoms with Crippen LogP contribution in [0.2, 0.25) is 0 Å². The van der Waals surface area contributed by atoms with E-state index in [1.54, 1.807) is 4.57 Å². The van der Waals surface area contributed by atoms with Crippen molar-refractivity contribution in [2.45, 2.75) is 37.8 Å². The van der Waals surface area contributed by atoms with E-state index in [1.807, 2.05) is 71.6 Å². The molecule has 5 rings (SSSR count). The predicted molar refractivity (Wildman–Crippen MR) is 135 cm³/mol. The number of nitrogens with one attached hydrogen (secondary N) is 2. The van der Waals surface area contributed by atoms with Gasteiger partial charge < -0.3 is 15.4 Å².